The van der Waals surface area contributed by atoms with Gasteiger partial charge in [-0.3, -0.25) is 9.59 Å². The highest BCUT2D eigenvalue weighted by Gasteiger charge is 2.16. The molecule has 7 heteroatoms. The number of methoxy groups -OCH3 is 2. The van der Waals surface area contributed by atoms with Crippen LogP contribution in [0.5, 0.6) is 11.5 Å². The molecule has 0 aliphatic rings. The molecule has 0 aliphatic heterocycles. The minimum absolute atomic E-state index is 0.0870. The van der Waals surface area contributed by atoms with Crippen molar-refractivity contribution >= 4 is 11.9 Å². The fourth-order valence-electron chi connectivity index (χ4n) is 2.19. The Morgan fingerprint density at radius 1 is 1.04 bits per heavy atom. The van der Waals surface area contributed by atoms with Crippen molar-refractivity contribution in [2.45, 2.75) is 12.8 Å². The molecule has 140 valence electrons. The zero-order chi connectivity index (χ0) is 18.7. The topological polar surface area (TPSA) is 68.3 Å². The van der Waals surface area contributed by atoms with Gasteiger partial charge in [0.2, 0.25) is 0 Å². The molecular formula is C18H28N2O5. The van der Waals surface area contributed by atoms with E-state index in [9.17, 15) is 9.59 Å². The number of carbonyl (C=O) groups is 2. The van der Waals surface area contributed by atoms with Gasteiger partial charge in [-0.15, -0.1) is 0 Å². The quantitative estimate of drug-likeness (QED) is 0.561. The van der Waals surface area contributed by atoms with Crippen molar-refractivity contribution in [2.24, 2.45) is 0 Å². The molecule has 1 amide bonds. The third-order valence-electron chi connectivity index (χ3n) is 3.60. The summed E-state index contributed by atoms with van der Waals surface area (Å²) < 4.78 is 15.3. The van der Waals surface area contributed by atoms with Crippen molar-refractivity contribution in [1.29, 1.82) is 0 Å². The van der Waals surface area contributed by atoms with E-state index in [2.05, 4.69) is 9.64 Å². The van der Waals surface area contributed by atoms with Crippen molar-refractivity contribution in [3.05, 3.63) is 24.3 Å². The second kappa shape index (κ2) is 11.3. The monoisotopic (exact) mass is 352 g/mol. The molecule has 0 fully saturated rings. The summed E-state index contributed by atoms with van der Waals surface area (Å²) in [5.41, 5.74) is 0. The van der Waals surface area contributed by atoms with Gasteiger partial charge in [0, 0.05) is 19.2 Å². The summed E-state index contributed by atoms with van der Waals surface area (Å²) in [5.74, 6) is 0.733. The highest BCUT2D eigenvalue weighted by atomic mass is 16.5. The van der Waals surface area contributed by atoms with Gasteiger partial charge < -0.3 is 24.0 Å². The SMILES string of the molecule is COC(=O)CCN(CCCN(C)C)C(=O)COc1cccc(OC)c1. The molecule has 0 unspecified atom stereocenters. The van der Waals surface area contributed by atoms with E-state index in [1.807, 2.05) is 14.1 Å². The fraction of sp³-hybridized carbons (Fsp3) is 0.556. The molecule has 1 rings (SSSR count). The Balaban J connectivity index is 2.57. The highest BCUT2D eigenvalue weighted by molar-refractivity contribution is 5.78. The lowest BCUT2D eigenvalue weighted by molar-refractivity contribution is -0.142. The lowest BCUT2D eigenvalue weighted by atomic mass is 10.3. The maximum absolute atomic E-state index is 12.5. The number of esters is 1. The highest BCUT2D eigenvalue weighted by Crippen LogP contribution is 2.18. The summed E-state index contributed by atoms with van der Waals surface area (Å²) in [7, 11) is 6.87. The molecule has 1 aromatic rings. The number of rotatable bonds is 11. The first-order valence-corrected chi connectivity index (χ1v) is 8.22. The van der Waals surface area contributed by atoms with Crippen LogP contribution in [0.3, 0.4) is 0 Å². The van der Waals surface area contributed by atoms with E-state index in [4.69, 9.17) is 9.47 Å². The Hall–Kier alpha value is -2.28. The van der Waals surface area contributed by atoms with Gasteiger partial charge in [-0.2, -0.15) is 0 Å². The maximum Gasteiger partial charge on any atom is 0.307 e. The van der Waals surface area contributed by atoms with Crippen molar-refractivity contribution in [1.82, 2.24) is 9.80 Å². The van der Waals surface area contributed by atoms with E-state index in [1.54, 1.807) is 36.3 Å². The number of hydrogen-bond acceptors (Lipinski definition) is 6. The van der Waals surface area contributed by atoms with E-state index >= 15 is 0 Å². The fourth-order valence-corrected chi connectivity index (χ4v) is 2.19. The van der Waals surface area contributed by atoms with Crippen LogP contribution in [-0.2, 0) is 14.3 Å². The molecular weight excluding hydrogens is 324 g/mol. The first kappa shape index (κ1) is 20.8. The van der Waals surface area contributed by atoms with Crippen molar-refractivity contribution in [3.63, 3.8) is 0 Å². The van der Waals surface area contributed by atoms with E-state index in [-0.39, 0.29) is 24.9 Å². The van der Waals surface area contributed by atoms with E-state index < -0.39 is 0 Å². The van der Waals surface area contributed by atoms with Gasteiger partial charge in [0.15, 0.2) is 6.61 Å². The Labute approximate surface area is 149 Å². The van der Waals surface area contributed by atoms with Gasteiger partial charge in [-0.1, -0.05) is 6.07 Å². The molecule has 0 N–H and O–H groups in total. The number of hydrogen-bond donors (Lipinski definition) is 0. The van der Waals surface area contributed by atoms with E-state index in [0.29, 0.717) is 24.6 Å². The Kier molecular flexibility index (Phi) is 9.39. The Morgan fingerprint density at radius 3 is 2.40 bits per heavy atom. The number of nitrogens with zero attached hydrogens (tertiary/aromatic N) is 2. The maximum atomic E-state index is 12.5. The third-order valence-corrected chi connectivity index (χ3v) is 3.60. The van der Waals surface area contributed by atoms with Crippen molar-refractivity contribution in [3.8, 4) is 11.5 Å². The summed E-state index contributed by atoms with van der Waals surface area (Å²) in [6, 6.07) is 7.09. The zero-order valence-electron chi connectivity index (χ0n) is 15.5. The van der Waals surface area contributed by atoms with Gasteiger partial charge in [0.05, 0.1) is 20.6 Å². The number of carbonyl (C=O) groups excluding carboxylic acids is 2. The second-order valence-electron chi connectivity index (χ2n) is 5.83. The van der Waals surface area contributed by atoms with E-state index in [0.717, 1.165) is 13.0 Å². The summed E-state index contributed by atoms with van der Waals surface area (Å²) >= 11 is 0. The van der Waals surface area contributed by atoms with Crippen LogP contribution in [0.15, 0.2) is 24.3 Å². The number of benzene rings is 1. The molecule has 0 aromatic heterocycles. The van der Waals surface area contributed by atoms with E-state index in [1.165, 1.54) is 7.11 Å². The molecule has 0 spiro atoms. The predicted octanol–water partition coefficient (Wildman–Crippen LogP) is 1.42. The molecule has 0 bridgehead atoms. The van der Waals surface area contributed by atoms with Gasteiger partial charge >= 0.3 is 5.97 Å². The summed E-state index contributed by atoms with van der Waals surface area (Å²) in [6.45, 7) is 1.66. The van der Waals surface area contributed by atoms with Crippen LogP contribution < -0.4 is 9.47 Å². The number of ether oxygens (including phenoxy) is 3. The Morgan fingerprint density at radius 2 is 1.76 bits per heavy atom. The number of amides is 1. The molecule has 0 radical (unpaired) electrons. The molecule has 1 aromatic carbocycles. The summed E-state index contributed by atoms with van der Waals surface area (Å²) in [5, 5.41) is 0. The Bertz CT molecular complexity index is 548. The average molecular weight is 352 g/mol. The summed E-state index contributed by atoms with van der Waals surface area (Å²) in [6.07, 6.45) is 0.989. The molecule has 25 heavy (non-hydrogen) atoms. The van der Waals surface area contributed by atoms with Gasteiger partial charge in [-0.05, 0) is 39.2 Å². The molecule has 0 saturated carbocycles. The van der Waals surface area contributed by atoms with Crippen LogP contribution in [0.2, 0.25) is 0 Å². The molecule has 7 nitrogen and oxygen atoms in total. The molecule has 0 heterocycles. The van der Waals surface area contributed by atoms with Crippen LogP contribution >= 0.6 is 0 Å². The predicted molar refractivity (Wildman–Crippen MR) is 94.9 cm³/mol. The largest absolute Gasteiger partial charge is 0.497 e. The smallest absolute Gasteiger partial charge is 0.307 e. The molecule has 0 saturated heterocycles. The lowest BCUT2D eigenvalue weighted by Crippen LogP contribution is -2.38. The second-order valence-corrected chi connectivity index (χ2v) is 5.83. The van der Waals surface area contributed by atoms with Crippen LogP contribution in [0.1, 0.15) is 12.8 Å². The minimum atomic E-state index is -0.334. The standard InChI is InChI=1S/C18H28N2O5/c1-19(2)10-6-11-20(12-9-18(22)24-4)17(21)14-25-16-8-5-7-15(13-16)23-3/h5,7-8,13H,6,9-12,14H2,1-4H3. The van der Waals surface area contributed by atoms with Crippen molar-refractivity contribution in [2.75, 3.05) is 54.6 Å². The van der Waals surface area contributed by atoms with Gasteiger partial charge in [0.1, 0.15) is 11.5 Å². The minimum Gasteiger partial charge on any atom is -0.497 e. The van der Waals surface area contributed by atoms with Crippen LogP contribution in [0.4, 0.5) is 0 Å². The lowest BCUT2D eigenvalue weighted by Gasteiger charge is -2.23. The third kappa shape index (κ3) is 8.39. The first-order chi connectivity index (χ1) is 12.0. The van der Waals surface area contributed by atoms with Crippen LogP contribution in [-0.4, -0.2) is 76.2 Å². The van der Waals surface area contributed by atoms with Crippen LogP contribution in [0.25, 0.3) is 0 Å². The normalized spacial score (nSPS) is 10.4. The van der Waals surface area contributed by atoms with Crippen LogP contribution in [0, 0.1) is 0 Å². The van der Waals surface area contributed by atoms with Gasteiger partial charge in [-0.25, -0.2) is 0 Å². The zero-order valence-corrected chi connectivity index (χ0v) is 15.5. The molecule has 0 aliphatic carbocycles. The van der Waals surface area contributed by atoms with Crippen molar-refractivity contribution < 1.29 is 23.8 Å². The average Bonchev–Trinajstić information content (AvgIpc) is 2.62. The first-order valence-electron chi connectivity index (χ1n) is 8.22. The summed E-state index contributed by atoms with van der Waals surface area (Å²) in [4.78, 5) is 27.5. The van der Waals surface area contributed by atoms with Gasteiger partial charge in [0.25, 0.3) is 5.91 Å². The molecule has 0 atom stereocenters.